The Morgan fingerprint density at radius 3 is 2.52 bits per heavy atom. The molecule has 1 aromatic carbocycles. The Morgan fingerprint density at radius 2 is 2.00 bits per heavy atom. The molecule has 8 heteroatoms. The van der Waals surface area contributed by atoms with Gasteiger partial charge in [0, 0.05) is 24.2 Å². The maximum atomic E-state index is 11.9. The standard InChI is InChI=1S/C13H20N4O3.ClH/c1-8(7-15-2)12(18)16-9-4-5-10(17-13(14)19)11(6-9)20-3;/h4-6,8,15H,7H2,1-3H3,(H,16,18)(H3,14,17,19);1H. The number of halogens is 1. The van der Waals surface area contributed by atoms with Crippen molar-refractivity contribution < 1.29 is 14.3 Å². The zero-order valence-corrected chi connectivity index (χ0v) is 13.0. The van der Waals surface area contributed by atoms with Crippen molar-refractivity contribution in [1.29, 1.82) is 0 Å². The largest absolute Gasteiger partial charge is 0.494 e. The lowest BCUT2D eigenvalue weighted by Crippen LogP contribution is -2.28. The summed E-state index contributed by atoms with van der Waals surface area (Å²) in [6.45, 7) is 2.41. The summed E-state index contributed by atoms with van der Waals surface area (Å²) in [4.78, 5) is 22.7. The van der Waals surface area contributed by atoms with Crippen LogP contribution in [0, 0.1) is 5.92 Å². The number of carbonyl (C=O) groups is 2. The molecule has 0 saturated carbocycles. The van der Waals surface area contributed by atoms with E-state index in [0.29, 0.717) is 23.7 Å². The number of methoxy groups -OCH3 is 1. The van der Waals surface area contributed by atoms with E-state index >= 15 is 0 Å². The van der Waals surface area contributed by atoms with Gasteiger partial charge < -0.3 is 26.4 Å². The quantitative estimate of drug-likeness (QED) is 0.636. The Morgan fingerprint density at radius 1 is 1.33 bits per heavy atom. The lowest BCUT2D eigenvalue weighted by Gasteiger charge is -2.14. The molecule has 0 aliphatic carbocycles. The fourth-order valence-electron chi connectivity index (χ4n) is 1.67. The molecule has 0 bridgehead atoms. The zero-order chi connectivity index (χ0) is 15.1. The van der Waals surface area contributed by atoms with Crippen molar-refractivity contribution in [2.45, 2.75) is 6.92 Å². The van der Waals surface area contributed by atoms with E-state index in [2.05, 4.69) is 16.0 Å². The minimum absolute atomic E-state index is 0. The molecule has 0 fully saturated rings. The van der Waals surface area contributed by atoms with E-state index in [1.54, 1.807) is 25.2 Å². The van der Waals surface area contributed by atoms with E-state index < -0.39 is 6.03 Å². The molecule has 1 aromatic rings. The summed E-state index contributed by atoms with van der Waals surface area (Å²) in [6, 6.07) is 4.22. The molecule has 5 N–H and O–H groups in total. The number of amides is 3. The molecular weight excluding hydrogens is 296 g/mol. The van der Waals surface area contributed by atoms with Gasteiger partial charge in [0.15, 0.2) is 0 Å². The number of urea groups is 1. The van der Waals surface area contributed by atoms with Crippen molar-refractivity contribution in [3.8, 4) is 5.75 Å². The molecule has 0 aromatic heterocycles. The van der Waals surface area contributed by atoms with Crippen LogP contribution < -0.4 is 26.4 Å². The van der Waals surface area contributed by atoms with Gasteiger partial charge in [-0.3, -0.25) is 4.79 Å². The Kier molecular flexibility index (Phi) is 8.18. The Hall–Kier alpha value is -1.99. The normalized spacial score (nSPS) is 11.0. The molecule has 0 aliphatic rings. The number of nitrogens with two attached hydrogens (primary N) is 1. The maximum Gasteiger partial charge on any atom is 0.316 e. The summed E-state index contributed by atoms with van der Waals surface area (Å²) < 4.78 is 5.14. The molecule has 21 heavy (non-hydrogen) atoms. The molecule has 1 atom stereocenters. The number of carbonyl (C=O) groups excluding carboxylic acids is 2. The molecule has 3 amide bonds. The van der Waals surface area contributed by atoms with Gasteiger partial charge in [-0.25, -0.2) is 4.79 Å². The molecule has 118 valence electrons. The number of benzene rings is 1. The van der Waals surface area contributed by atoms with Crippen LogP contribution in [0.15, 0.2) is 18.2 Å². The Balaban J connectivity index is 0.00000400. The minimum atomic E-state index is -0.678. The molecule has 0 saturated heterocycles. The molecule has 7 nitrogen and oxygen atoms in total. The predicted molar refractivity (Wildman–Crippen MR) is 85.2 cm³/mol. The third-order valence-corrected chi connectivity index (χ3v) is 2.68. The predicted octanol–water partition coefficient (Wildman–Crippen LogP) is 1.40. The Bertz CT molecular complexity index is 496. The van der Waals surface area contributed by atoms with Crippen LogP contribution in [0.5, 0.6) is 5.75 Å². The number of nitrogens with one attached hydrogen (secondary N) is 3. The van der Waals surface area contributed by atoms with Gasteiger partial charge in [-0.2, -0.15) is 0 Å². The van der Waals surface area contributed by atoms with E-state index in [0.717, 1.165) is 0 Å². The zero-order valence-electron chi connectivity index (χ0n) is 12.2. The minimum Gasteiger partial charge on any atom is -0.494 e. The maximum absolute atomic E-state index is 11.9. The fraction of sp³-hybridized carbons (Fsp3) is 0.385. The van der Waals surface area contributed by atoms with Gasteiger partial charge in [0.1, 0.15) is 5.75 Å². The van der Waals surface area contributed by atoms with E-state index in [-0.39, 0.29) is 24.2 Å². The molecule has 1 unspecified atom stereocenters. The molecule has 0 aliphatic heterocycles. The summed E-state index contributed by atoms with van der Waals surface area (Å²) >= 11 is 0. The van der Waals surface area contributed by atoms with Crippen LogP contribution >= 0.6 is 12.4 Å². The highest BCUT2D eigenvalue weighted by molar-refractivity contribution is 5.94. The number of primary amides is 1. The third-order valence-electron chi connectivity index (χ3n) is 2.68. The van der Waals surface area contributed by atoms with Gasteiger partial charge in [-0.1, -0.05) is 6.92 Å². The van der Waals surface area contributed by atoms with E-state index in [9.17, 15) is 9.59 Å². The van der Waals surface area contributed by atoms with Gasteiger partial charge in [-0.05, 0) is 19.2 Å². The summed E-state index contributed by atoms with van der Waals surface area (Å²) in [7, 11) is 3.26. The fourth-order valence-corrected chi connectivity index (χ4v) is 1.67. The average Bonchev–Trinajstić information content (AvgIpc) is 2.40. The monoisotopic (exact) mass is 316 g/mol. The molecule has 0 radical (unpaired) electrons. The van der Waals surface area contributed by atoms with Crippen molar-refractivity contribution >= 4 is 35.7 Å². The third kappa shape index (κ3) is 5.88. The molecular formula is C13H21ClN4O3. The van der Waals surface area contributed by atoms with Gasteiger partial charge in [0.25, 0.3) is 0 Å². The lowest BCUT2D eigenvalue weighted by molar-refractivity contribution is -0.119. The van der Waals surface area contributed by atoms with Crippen molar-refractivity contribution in [2.24, 2.45) is 11.7 Å². The highest BCUT2D eigenvalue weighted by atomic mass is 35.5. The highest BCUT2D eigenvalue weighted by Crippen LogP contribution is 2.28. The van der Waals surface area contributed by atoms with Gasteiger partial charge in [-0.15, -0.1) is 12.4 Å². The first-order valence-corrected chi connectivity index (χ1v) is 6.18. The van der Waals surface area contributed by atoms with Gasteiger partial charge in [0.05, 0.1) is 12.8 Å². The number of hydrogen-bond donors (Lipinski definition) is 4. The SMILES string of the molecule is CNCC(C)C(=O)Nc1ccc(NC(N)=O)c(OC)c1.Cl. The number of anilines is 2. The van der Waals surface area contributed by atoms with Crippen LogP contribution in [0.3, 0.4) is 0 Å². The number of ether oxygens (including phenoxy) is 1. The smallest absolute Gasteiger partial charge is 0.316 e. The molecule has 0 heterocycles. The topological polar surface area (TPSA) is 105 Å². The van der Waals surface area contributed by atoms with Crippen LogP contribution in [0.1, 0.15) is 6.92 Å². The summed E-state index contributed by atoms with van der Waals surface area (Å²) in [5.74, 6) is 0.161. The summed E-state index contributed by atoms with van der Waals surface area (Å²) in [5, 5.41) is 8.16. The van der Waals surface area contributed by atoms with E-state index in [4.69, 9.17) is 10.5 Å². The van der Waals surface area contributed by atoms with Crippen molar-refractivity contribution in [3.05, 3.63) is 18.2 Å². The molecule has 0 spiro atoms. The lowest BCUT2D eigenvalue weighted by atomic mass is 10.1. The molecule has 1 rings (SSSR count). The first kappa shape index (κ1) is 19.0. The van der Waals surface area contributed by atoms with E-state index in [1.165, 1.54) is 7.11 Å². The Labute approximate surface area is 130 Å². The van der Waals surface area contributed by atoms with Crippen LogP contribution in [0.25, 0.3) is 0 Å². The summed E-state index contributed by atoms with van der Waals surface area (Å²) in [6.07, 6.45) is 0. The summed E-state index contributed by atoms with van der Waals surface area (Å²) in [5.41, 5.74) is 6.09. The van der Waals surface area contributed by atoms with Gasteiger partial charge in [0.2, 0.25) is 5.91 Å². The van der Waals surface area contributed by atoms with Crippen LogP contribution in [0.4, 0.5) is 16.2 Å². The highest BCUT2D eigenvalue weighted by Gasteiger charge is 2.13. The van der Waals surface area contributed by atoms with Crippen molar-refractivity contribution in [1.82, 2.24) is 5.32 Å². The number of rotatable bonds is 6. The van der Waals surface area contributed by atoms with Crippen LogP contribution in [-0.2, 0) is 4.79 Å². The van der Waals surface area contributed by atoms with Crippen LogP contribution in [-0.4, -0.2) is 32.6 Å². The van der Waals surface area contributed by atoms with Crippen LogP contribution in [0.2, 0.25) is 0 Å². The average molecular weight is 317 g/mol. The second kappa shape index (κ2) is 9.04. The van der Waals surface area contributed by atoms with Crippen molar-refractivity contribution in [2.75, 3.05) is 31.3 Å². The van der Waals surface area contributed by atoms with Gasteiger partial charge >= 0.3 is 6.03 Å². The number of hydrogen-bond acceptors (Lipinski definition) is 4. The second-order valence-corrected chi connectivity index (χ2v) is 4.35. The van der Waals surface area contributed by atoms with E-state index in [1.807, 2.05) is 6.92 Å². The second-order valence-electron chi connectivity index (χ2n) is 4.35. The van der Waals surface area contributed by atoms with Crippen molar-refractivity contribution in [3.63, 3.8) is 0 Å². The first-order chi connectivity index (χ1) is 9.47. The first-order valence-electron chi connectivity index (χ1n) is 6.18.